The fraction of sp³-hybridized carbons (Fsp3) is 0.308. The van der Waals surface area contributed by atoms with Crippen molar-refractivity contribution in [3.8, 4) is 5.75 Å². The molecule has 1 unspecified atom stereocenters. The van der Waals surface area contributed by atoms with Crippen LogP contribution in [0, 0.1) is 0 Å². The molecule has 30 heavy (non-hydrogen) atoms. The Balaban J connectivity index is 1.55. The molecule has 0 aliphatic carbocycles. The molecule has 2 nitrogen and oxygen atoms in total. The minimum Gasteiger partial charge on any atom is -0.489 e. The number of aryl methyl sites for hydroxylation is 1. The molecule has 3 aromatic rings. The highest BCUT2D eigenvalue weighted by Gasteiger charge is 2.07. The second kappa shape index (κ2) is 12.0. The van der Waals surface area contributed by atoms with Gasteiger partial charge in [0.1, 0.15) is 12.4 Å². The van der Waals surface area contributed by atoms with Gasteiger partial charge in [0, 0.05) is 20.9 Å². The molecule has 4 heteroatoms. The number of benzene rings is 3. The molecular weight excluding hydrogens is 410 g/mol. The minimum atomic E-state index is 0.306. The maximum atomic E-state index is 6.55. The Morgan fingerprint density at radius 2 is 1.73 bits per heavy atom. The number of rotatable bonds is 11. The first-order valence-electron chi connectivity index (χ1n) is 10.6. The molecule has 3 aromatic carbocycles. The maximum absolute atomic E-state index is 6.55. The molecule has 0 aromatic heterocycles. The summed E-state index contributed by atoms with van der Waals surface area (Å²) in [6.07, 6.45) is 5.35. The first kappa shape index (κ1) is 22.7. The topological polar surface area (TPSA) is 35.2 Å². The lowest BCUT2D eigenvalue weighted by atomic mass is 10.0. The second-order valence-corrected chi connectivity index (χ2v) is 9.10. The first-order valence-corrected chi connectivity index (χ1v) is 11.8. The number of halogens is 1. The molecule has 3 rings (SSSR count). The van der Waals surface area contributed by atoms with Gasteiger partial charge < -0.3 is 10.5 Å². The SMILES string of the molecule is CCCC(N)CCCc1ccc(Sc2cccc(OCc3ccccc3)c2)cc1Cl. The first-order chi connectivity index (χ1) is 14.6. The van der Waals surface area contributed by atoms with Crippen molar-refractivity contribution in [2.75, 3.05) is 0 Å². The number of ether oxygens (including phenoxy) is 1. The van der Waals surface area contributed by atoms with Crippen molar-refractivity contribution in [1.29, 1.82) is 0 Å². The Bertz CT molecular complexity index is 916. The zero-order valence-electron chi connectivity index (χ0n) is 17.5. The fourth-order valence-corrected chi connectivity index (χ4v) is 4.62. The van der Waals surface area contributed by atoms with Crippen LogP contribution >= 0.6 is 23.4 Å². The predicted molar refractivity (Wildman–Crippen MR) is 129 cm³/mol. The molecule has 0 saturated heterocycles. The average molecular weight is 440 g/mol. The fourth-order valence-electron chi connectivity index (χ4n) is 3.37. The van der Waals surface area contributed by atoms with Gasteiger partial charge in [-0.25, -0.2) is 0 Å². The lowest BCUT2D eigenvalue weighted by Gasteiger charge is -2.11. The summed E-state index contributed by atoms with van der Waals surface area (Å²) in [5, 5.41) is 0.834. The third-order valence-electron chi connectivity index (χ3n) is 4.99. The highest BCUT2D eigenvalue weighted by molar-refractivity contribution is 7.99. The standard InChI is InChI=1S/C26H30ClNOS/c1-2-8-22(28)12-6-11-21-15-16-25(18-26(21)27)30-24-14-7-13-23(17-24)29-19-20-9-4-3-5-10-20/h3-5,7,9-10,13-18,22H,2,6,8,11-12,19,28H2,1H3. The second-order valence-electron chi connectivity index (χ2n) is 7.55. The predicted octanol–water partition coefficient (Wildman–Crippen LogP) is 7.52. The van der Waals surface area contributed by atoms with Gasteiger partial charge in [0.05, 0.1) is 0 Å². The molecule has 0 fully saturated rings. The van der Waals surface area contributed by atoms with Crippen LogP contribution in [0.25, 0.3) is 0 Å². The summed E-state index contributed by atoms with van der Waals surface area (Å²) >= 11 is 8.25. The van der Waals surface area contributed by atoms with Gasteiger partial charge in [-0.15, -0.1) is 0 Å². The van der Waals surface area contributed by atoms with Gasteiger partial charge in [0.2, 0.25) is 0 Å². The van der Waals surface area contributed by atoms with Gasteiger partial charge in [-0.1, -0.05) is 79.2 Å². The van der Waals surface area contributed by atoms with Crippen LogP contribution in [-0.4, -0.2) is 6.04 Å². The van der Waals surface area contributed by atoms with E-state index in [2.05, 4.69) is 49.4 Å². The van der Waals surface area contributed by atoms with Crippen molar-refractivity contribution < 1.29 is 4.74 Å². The lowest BCUT2D eigenvalue weighted by Crippen LogP contribution is -2.19. The molecule has 0 saturated carbocycles. The van der Waals surface area contributed by atoms with Crippen LogP contribution in [0.2, 0.25) is 5.02 Å². The quantitative estimate of drug-likeness (QED) is 0.335. The normalized spacial score (nSPS) is 12.0. The van der Waals surface area contributed by atoms with Gasteiger partial charge in [-0.3, -0.25) is 0 Å². The third kappa shape index (κ3) is 7.39. The number of hydrogen-bond donors (Lipinski definition) is 1. The van der Waals surface area contributed by atoms with E-state index in [-0.39, 0.29) is 0 Å². The molecule has 0 bridgehead atoms. The molecular formula is C26H30ClNOS. The average Bonchev–Trinajstić information content (AvgIpc) is 2.75. The summed E-state index contributed by atoms with van der Waals surface area (Å²) in [5.74, 6) is 0.870. The highest BCUT2D eigenvalue weighted by atomic mass is 35.5. The molecule has 0 heterocycles. The van der Waals surface area contributed by atoms with Crippen molar-refractivity contribution in [3.63, 3.8) is 0 Å². The van der Waals surface area contributed by atoms with Crippen LogP contribution in [-0.2, 0) is 13.0 Å². The van der Waals surface area contributed by atoms with Gasteiger partial charge in [-0.05, 0) is 67.1 Å². The zero-order chi connectivity index (χ0) is 21.2. The van der Waals surface area contributed by atoms with Crippen LogP contribution in [0.5, 0.6) is 5.75 Å². The van der Waals surface area contributed by atoms with Crippen molar-refractivity contribution in [3.05, 3.63) is 88.9 Å². The van der Waals surface area contributed by atoms with Crippen LogP contribution in [0.1, 0.15) is 43.7 Å². The van der Waals surface area contributed by atoms with E-state index in [1.807, 2.05) is 30.3 Å². The van der Waals surface area contributed by atoms with E-state index in [0.717, 1.165) is 58.2 Å². The summed E-state index contributed by atoms with van der Waals surface area (Å²) in [6.45, 7) is 2.75. The van der Waals surface area contributed by atoms with Gasteiger partial charge in [-0.2, -0.15) is 0 Å². The molecule has 0 radical (unpaired) electrons. The molecule has 1 atom stereocenters. The van der Waals surface area contributed by atoms with Crippen molar-refractivity contribution in [1.82, 2.24) is 0 Å². The largest absolute Gasteiger partial charge is 0.489 e. The third-order valence-corrected chi connectivity index (χ3v) is 6.33. The number of nitrogens with two attached hydrogens (primary N) is 1. The summed E-state index contributed by atoms with van der Waals surface area (Å²) in [7, 11) is 0. The van der Waals surface area contributed by atoms with E-state index >= 15 is 0 Å². The summed E-state index contributed by atoms with van der Waals surface area (Å²) in [6, 6.07) is 25.0. The highest BCUT2D eigenvalue weighted by Crippen LogP contribution is 2.33. The molecule has 0 aliphatic rings. The van der Waals surface area contributed by atoms with E-state index in [1.165, 1.54) is 5.56 Å². The van der Waals surface area contributed by atoms with Crippen molar-refractivity contribution in [2.45, 2.75) is 61.5 Å². The Morgan fingerprint density at radius 1 is 0.933 bits per heavy atom. The van der Waals surface area contributed by atoms with E-state index in [4.69, 9.17) is 22.1 Å². The molecule has 0 amide bonds. The summed E-state index contributed by atoms with van der Waals surface area (Å²) in [4.78, 5) is 2.27. The Kier molecular flexibility index (Phi) is 9.13. The van der Waals surface area contributed by atoms with Crippen LogP contribution < -0.4 is 10.5 Å². The van der Waals surface area contributed by atoms with Gasteiger partial charge >= 0.3 is 0 Å². The van der Waals surface area contributed by atoms with E-state index in [1.54, 1.807) is 11.8 Å². The van der Waals surface area contributed by atoms with Crippen LogP contribution in [0.4, 0.5) is 0 Å². The monoisotopic (exact) mass is 439 g/mol. The van der Waals surface area contributed by atoms with Gasteiger partial charge in [0.15, 0.2) is 0 Å². The van der Waals surface area contributed by atoms with E-state index in [0.29, 0.717) is 12.6 Å². The molecule has 0 aliphatic heterocycles. The van der Waals surface area contributed by atoms with Gasteiger partial charge in [0.25, 0.3) is 0 Å². The molecule has 0 spiro atoms. The Morgan fingerprint density at radius 3 is 2.50 bits per heavy atom. The molecule has 158 valence electrons. The molecule has 2 N–H and O–H groups in total. The minimum absolute atomic E-state index is 0.306. The number of hydrogen-bond acceptors (Lipinski definition) is 3. The summed E-state index contributed by atoms with van der Waals surface area (Å²) in [5.41, 5.74) is 8.48. The lowest BCUT2D eigenvalue weighted by molar-refractivity contribution is 0.305. The van der Waals surface area contributed by atoms with Crippen molar-refractivity contribution >= 4 is 23.4 Å². The van der Waals surface area contributed by atoms with Crippen LogP contribution in [0.15, 0.2) is 82.6 Å². The maximum Gasteiger partial charge on any atom is 0.120 e. The smallest absolute Gasteiger partial charge is 0.120 e. The van der Waals surface area contributed by atoms with E-state index in [9.17, 15) is 0 Å². The van der Waals surface area contributed by atoms with Crippen LogP contribution in [0.3, 0.4) is 0 Å². The van der Waals surface area contributed by atoms with E-state index < -0.39 is 0 Å². The summed E-state index contributed by atoms with van der Waals surface area (Å²) < 4.78 is 5.94. The Labute approximate surface area is 189 Å². The Hall–Kier alpha value is -1.94. The van der Waals surface area contributed by atoms with Crippen molar-refractivity contribution in [2.24, 2.45) is 5.73 Å². The zero-order valence-corrected chi connectivity index (χ0v) is 19.1.